The van der Waals surface area contributed by atoms with E-state index in [2.05, 4.69) is 10.3 Å². The van der Waals surface area contributed by atoms with Gasteiger partial charge in [-0.15, -0.1) is 0 Å². The molecule has 0 aliphatic rings. The van der Waals surface area contributed by atoms with Gasteiger partial charge in [-0.2, -0.15) is 0 Å². The molecule has 3 aromatic rings. The highest BCUT2D eigenvalue weighted by molar-refractivity contribution is 5.92. The minimum absolute atomic E-state index is 0.0928. The van der Waals surface area contributed by atoms with Crippen LogP contribution in [-0.2, 0) is 22.6 Å². The van der Waals surface area contributed by atoms with Gasteiger partial charge in [0, 0.05) is 24.5 Å². The Labute approximate surface area is 183 Å². The number of anilines is 1. The molecule has 0 aliphatic carbocycles. The van der Waals surface area contributed by atoms with Crippen molar-refractivity contribution in [3.8, 4) is 0 Å². The molecule has 0 fully saturated rings. The summed E-state index contributed by atoms with van der Waals surface area (Å²) in [6.07, 6.45) is 3.07. The highest BCUT2D eigenvalue weighted by atomic mass is 16.2. The summed E-state index contributed by atoms with van der Waals surface area (Å²) in [6, 6.07) is 17.0. The number of nitrogens with zero attached hydrogens (tertiary/aromatic N) is 1. The summed E-state index contributed by atoms with van der Waals surface area (Å²) in [6.45, 7) is 3.92. The van der Waals surface area contributed by atoms with E-state index in [9.17, 15) is 9.59 Å². The molecular weight excluding hydrogens is 388 g/mol. The van der Waals surface area contributed by atoms with Gasteiger partial charge in [0.25, 0.3) is 0 Å². The summed E-state index contributed by atoms with van der Waals surface area (Å²) in [4.78, 5) is 29.5. The van der Waals surface area contributed by atoms with Crippen LogP contribution in [0, 0.1) is 5.41 Å². The second-order valence-corrected chi connectivity index (χ2v) is 8.59. The molecule has 0 saturated carbocycles. The van der Waals surface area contributed by atoms with Crippen LogP contribution in [0.1, 0.15) is 37.8 Å². The summed E-state index contributed by atoms with van der Waals surface area (Å²) in [5, 5.41) is 4.79. The number of fused-ring (bicyclic) bond motifs is 1. The Morgan fingerprint density at radius 2 is 1.81 bits per heavy atom. The zero-order valence-electron chi connectivity index (χ0n) is 18.1. The highest BCUT2D eigenvalue weighted by Crippen LogP contribution is 2.23. The van der Waals surface area contributed by atoms with Crippen molar-refractivity contribution in [3.05, 3.63) is 71.9 Å². The first-order chi connectivity index (χ1) is 14.8. The fraction of sp³-hybridized carbons (Fsp3) is 0.320. The highest BCUT2D eigenvalue weighted by Gasteiger charge is 2.32. The third-order valence-electron chi connectivity index (χ3n) is 5.54. The number of ketones is 1. The second-order valence-electron chi connectivity index (χ2n) is 8.59. The summed E-state index contributed by atoms with van der Waals surface area (Å²) in [5.41, 5.74) is 13.3. The molecule has 0 radical (unpaired) electrons. The van der Waals surface area contributed by atoms with Crippen molar-refractivity contribution in [3.63, 3.8) is 0 Å². The van der Waals surface area contributed by atoms with Gasteiger partial charge >= 0.3 is 0 Å². The van der Waals surface area contributed by atoms with Crippen LogP contribution in [0.15, 0.2) is 60.8 Å². The van der Waals surface area contributed by atoms with Crippen LogP contribution in [0.5, 0.6) is 0 Å². The van der Waals surface area contributed by atoms with Crippen molar-refractivity contribution in [1.82, 2.24) is 10.3 Å². The quantitative estimate of drug-likeness (QED) is 0.493. The lowest BCUT2D eigenvalue weighted by Crippen LogP contribution is -2.41. The topological polar surface area (TPSA) is 111 Å². The van der Waals surface area contributed by atoms with Gasteiger partial charge in [0.05, 0.1) is 11.5 Å². The smallest absolute Gasteiger partial charge is 0.226 e. The van der Waals surface area contributed by atoms with Gasteiger partial charge in [-0.05, 0) is 41.5 Å². The van der Waals surface area contributed by atoms with Crippen LogP contribution in [-0.4, -0.2) is 22.7 Å². The number of pyridine rings is 1. The van der Waals surface area contributed by atoms with Gasteiger partial charge in [-0.1, -0.05) is 56.3 Å². The normalized spacial score (nSPS) is 12.5. The molecule has 31 heavy (non-hydrogen) atoms. The molecule has 0 saturated heterocycles. The van der Waals surface area contributed by atoms with E-state index < -0.39 is 11.5 Å². The average Bonchev–Trinajstić information content (AvgIpc) is 2.76. The first kappa shape index (κ1) is 22.4. The van der Waals surface area contributed by atoms with Gasteiger partial charge in [-0.3, -0.25) is 9.59 Å². The average molecular weight is 419 g/mol. The molecule has 0 unspecified atom stereocenters. The second kappa shape index (κ2) is 9.71. The number of nitrogens with one attached hydrogen (secondary N) is 1. The predicted octanol–water partition coefficient (Wildman–Crippen LogP) is 3.38. The number of aryl methyl sites for hydroxylation is 1. The fourth-order valence-corrected chi connectivity index (χ4v) is 3.56. The Bertz CT molecular complexity index is 1060. The monoisotopic (exact) mass is 418 g/mol. The van der Waals surface area contributed by atoms with Crippen molar-refractivity contribution < 1.29 is 9.59 Å². The molecule has 6 heteroatoms. The number of amides is 1. The Morgan fingerprint density at radius 3 is 2.55 bits per heavy atom. The Kier molecular flexibility index (Phi) is 7.02. The van der Waals surface area contributed by atoms with E-state index in [1.165, 1.54) is 0 Å². The van der Waals surface area contributed by atoms with Crippen LogP contribution in [0.4, 0.5) is 5.82 Å². The maximum absolute atomic E-state index is 12.8. The van der Waals surface area contributed by atoms with Gasteiger partial charge in [0.2, 0.25) is 5.91 Å². The number of carbonyl (C=O) groups is 2. The first-order valence-corrected chi connectivity index (χ1v) is 10.5. The largest absolute Gasteiger partial charge is 0.383 e. The van der Waals surface area contributed by atoms with Crippen molar-refractivity contribution >= 4 is 28.3 Å². The minimum Gasteiger partial charge on any atom is -0.383 e. The SMILES string of the molecule is CC(C)(CC(=O)[C@H](N)CCc1ccccc1)C(=O)NCc1ccc2c(N)nccc2c1. The molecule has 1 heterocycles. The van der Waals surface area contributed by atoms with E-state index in [1.807, 2.05) is 54.6 Å². The molecule has 162 valence electrons. The molecule has 1 atom stereocenters. The number of hydrogen-bond donors (Lipinski definition) is 3. The summed E-state index contributed by atoms with van der Waals surface area (Å²) >= 11 is 0. The first-order valence-electron chi connectivity index (χ1n) is 10.5. The van der Waals surface area contributed by atoms with Crippen LogP contribution in [0.3, 0.4) is 0 Å². The maximum Gasteiger partial charge on any atom is 0.226 e. The number of benzene rings is 2. The van der Waals surface area contributed by atoms with Gasteiger partial charge < -0.3 is 16.8 Å². The van der Waals surface area contributed by atoms with Gasteiger partial charge in [0.15, 0.2) is 5.78 Å². The van der Waals surface area contributed by atoms with Crippen LogP contribution in [0.25, 0.3) is 10.8 Å². The van der Waals surface area contributed by atoms with Crippen LogP contribution >= 0.6 is 0 Å². The Hall–Kier alpha value is -3.25. The van der Waals surface area contributed by atoms with Crippen molar-refractivity contribution in [2.75, 3.05) is 5.73 Å². The fourth-order valence-electron chi connectivity index (χ4n) is 3.56. The molecule has 3 rings (SSSR count). The number of hydrogen-bond acceptors (Lipinski definition) is 5. The van der Waals surface area contributed by atoms with E-state index in [4.69, 9.17) is 11.5 Å². The van der Waals surface area contributed by atoms with Gasteiger partial charge in [0.1, 0.15) is 5.82 Å². The predicted molar refractivity (Wildman–Crippen MR) is 124 cm³/mol. The summed E-state index contributed by atoms with van der Waals surface area (Å²) in [7, 11) is 0. The lowest BCUT2D eigenvalue weighted by molar-refractivity contribution is -0.134. The molecular formula is C25H30N4O2. The molecule has 0 aliphatic heterocycles. The molecule has 1 amide bonds. The van der Waals surface area contributed by atoms with Crippen LogP contribution < -0.4 is 16.8 Å². The lowest BCUT2D eigenvalue weighted by Gasteiger charge is -2.24. The number of Topliss-reactive ketones (excluding diaryl/α,β-unsaturated/α-hetero) is 1. The van der Waals surface area contributed by atoms with E-state index in [0.29, 0.717) is 18.8 Å². The van der Waals surface area contributed by atoms with Crippen molar-refractivity contribution in [2.45, 2.75) is 45.7 Å². The number of aromatic nitrogens is 1. The number of nitrogens with two attached hydrogens (primary N) is 2. The molecule has 6 nitrogen and oxygen atoms in total. The molecule has 5 N–H and O–H groups in total. The van der Waals surface area contributed by atoms with Crippen LogP contribution in [0.2, 0.25) is 0 Å². The van der Waals surface area contributed by atoms with Crippen molar-refractivity contribution in [1.29, 1.82) is 0 Å². The van der Waals surface area contributed by atoms with E-state index in [1.54, 1.807) is 20.0 Å². The summed E-state index contributed by atoms with van der Waals surface area (Å²) < 4.78 is 0. The maximum atomic E-state index is 12.8. The Balaban J connectivity index is 1.53. The molecule has 0 spiro atoms. The van der Waals surface area contributed by atoms with Crippen molar-refractivity contribution in [2.24, 2.45) is 11.1 Å². The van der Waals surface area contributed by atoms with E-state index in [-0.39, 0.29) is 18.1 Å². The Morgan fingerprint density at radius 1 is 1.06 bits per heavy atom. The third kappa shape index (κ3) is 5.89. The summed E-state index contributed by atoms with van der Waals surface area (Å²) in [5.74, 6) is 0.214. The van der Waals surface area contributed by atoms with Gasteiger partial charge in [-0.25, -0.2) is 4.98 Å². The number of rotatable bonds is 9. The standard InChI is InChI=1S/C25H30N4O2/c1-25(2,15-22(30)21(26)11-9-17-6-4-3-5-7-17)24(31)29-16-18-8-10-20-19(14-18)12-13-28-23(20)27/h3-8,10,12-14,21H,9,11,15-16,26H2,1-2H3,(H2,27,28)(H,29,31)/t21-/m1/s1. The van der Waals surface area contributed by atoms with E-state index in [0.717, 1.165) is 28.3 Å². The number of nitrogen functional groups attached to an aromatic ring is 1. The molecule has 0 bridgehead atoms. The lowest BCUT2D eigenvalue weighted by atomic mass is 9.83. The zero-order chi connectivity index (χ0) is 22.4. The minimum atomic E-state index is -0.841. The van der Waals surface area contributed by atoms with E-state index >= 15 is 0 Å². The number of carbonyl (C=O) groups excluding carboxylic acids is 2. The molecule has 2 aromatic carbocycles. The zero-order valence-corrected chi connectivity index (χ0v) is 18.1. The third-order valence-corrected chi connectivity index (χ3v) is 5.54. The molecule has 1 aromatic heterocycles.